The molecule has 1 aromatic rings. The van der Waals surface area contributed by atoms with Crippen LogP contribution < -0.4 is 5.73 Å². The first-order valence-electron chi connectivity index (χ1n) is 4.34. The molecule has 1 aromatic carbocycles. The number of rotatable bonds is 3. The Hall–Kier alpha value is -1.45. The van der Waals surface area contributed by atoms with Gasteiger partial charge in [0.1, 0.15) is 5.82 Å². The minimum absolute atomic E-state index is 0.122. The van der Waals surface area contributed by atoms with E-state index in [0.717, 1.165) is 12.1 Å². The van der Waals surface area contributed by atoms with Gasteiger partial charge < -0.3 is 5.73 Å². The monoisotopic (exact) mass is 199 g/mol. The van der Waals surface area contributed by atoms with Crippen LogP contribution in [0.2, 0.25) is 0 Å². The van der Waals surface area contributed by atoms with E-state index in [0.29, 0.717) is 6.42 Å². The third-order valence-corrected chi connectivity index (χ3v) is 1.88. The summed E-state index contributed by atoms with van der Waals surface area (Å²) in [5.41, 5.74) is 4.51. The highest BCUT2D eigenvalue weighted by Gasteiger charge is 2.18. The number of Topliss-reactive ketones (excluding diaryl/α,β-unsaturated/α-hetero) is 1. The molecule has 2 N–H and O–H groups in total. The van der Waals surface area contributed by atoms with Gasteiger partial charge in [-0.05, 0) is 18.6 Å². The van der Waals surface area contributed by atoms with E-state index in [1.165, 1.54) is 0 Å². The van der Waals surface area contributed by atoms with Crippen molar-refractivity contribution in [2.75, 3.05) is 5.73 Å². The summed E-state index contributed by atoms with van der Waals surface area (Å²) in [5.74, 6) is -2.35. The first kappa shape index (κ1) is 10.6. The number of carbonyl (C=O) groups is 1. The molecule has 0 heterocycles. The summed E-state index contributed by atoms with van der Waals surface area (Å²) in [5, 5.41) is 0. The third kappa shape index (κ3) is 1.89. The molecule has 0 amide bonds. The van der Waals surface area contributed by atoms with E-state index in [2.05, 4.69) is 0 Å². The van der Waals surface area contributed by atoms with Gasteiger partial charge in [-0.3, -0.25) is 4.79 Å². The maximum Gasteiger partial charge on any atom is 0.168 e. The molecule has 0 atom stereocenters. The molecule has 2 nitrogen and oxygen atoms in total. The first-order valence-corrected chi connectivity index (χ1v) is 4.34. The molecule has 0 fully saturated rings. The van der Waals surface area contributed by atoms with E-state index < -0.39 is 23.0 Å². The molecule has 0 aliphatic rings. The lowest BCUT2D eigenvalue weighted by Crippen LogP contribution is -2.07. The number of nitrogen functional groups attached to an aromatic ring is 1. The van der Waals surface area contributed by atoms with Gasteiger partial charge in [-0.15, -0.1) is 0 Å². The van der Waals surface area contributed by atoms with Gasteiger partial charge in [0.15, 0.2) is 11.6 Å². The van der Waals surface area contributed by atoms with Crippen LogP contribution in [0.1, 0.15) is 30.1 Å². The highest BCUT2D eigenvalue weighted by molar-refractivity contribution is 5.97. The van der Waals surface area contributed by atoms with Crippen LogP contribution in [0.25, 0.3) is 0 Å². The maximum absolute atomic E-state index is 13.3. The summed E-state index contributed by atoms with van der Waals surface area (Å²) in [6.45, 7) is 1.76. The Bertz CT molecular complexity index is 363. The largest absolute Gasteiger partial charge is 0.396 e. The number of carbonyl (C=O) groups excluding carboxylic acids is 1. The second-order valence-corrected chi connectivity index (χ2v) is 3.00. The van der Waals surface area contributed by atoms with Crippen LogP contribution in [0.3, 0.4) is 0 Å². The molecule has 0 unspecified atom stereocenters. The number of halogens is 2. The Morgan fingerprint density at radius 3 is 2.64 bits per heavy atom. The number of nitrogens with two attached hydrogens (primary N) is 1. The lowest BCUT2D eigenvalue weighted by Gasteiger charge is -2.04. The molecular weight excluding hydrogens is 188 g/mol. The Balaban J connectivity index is 3.18. The van der Waals surface area contributed by atoms with Crippen molar-refractivity contribution in [2.45, 2.75) is 19.8 Å². The zero-order valence-electron chi connectivity index (χ0n) is 7.81. The first-order chi connectivity index (χ1) is 6.57. The van der Waals surface area contributed by atoms with E-state index in [-0.39, 0.29) is 12.1 Å². The molecular formula is C10H11F2NO. The normalized spacial score (nSPS) is 10.2. The number of anilines is 1. The van der Waals surface area contributed by atoms with Crippen LogP contribution in [0.4, 0.5) is 14.5 Å². The summed E-state index contributed by atoms with van der Waals surface area (Å²) in [6, 6.07) is 2.11. The molecule has 1 rings (SSSR count). The fourth-order valence-electron chi connectivity index (χ4n) is 1.18. The molecule has 0 saturated carbocycles. The summed E-state index contributed by atoms with van der Waals surface area (Å²) in [7, 11) is 0. The fourth-order valence-corrected chi connectivity index (χ4v) is 1.18. The van der Waals surface area contributed by atoms with E-state index in [9.17, 15) is 13.6 Å². The molecule has 0 aliphatic heterocycles. The average molecular weight is 199 g/mol. The quantitative estimate of drug-likeness (QED) is 0.600. The number of hydrogen-bond donors (Lipinski definition) is 1. The molecule has 0 aromatic heterocycles. The van der Waals surface area contributed by atoms with Crippen LogP contribution in [0, 0.1) is 11.6 Å². The van der Waals surface area contributed by atoms with Crippen molar-refractivity contribution in [1.82, 2.24) is 0 Å². The van der Waals surface area contributed by atoms with Crippen molar-refractivity contribution in [3.63, 3.8) is 0 Å². The van der Waals surface area contributed by atoms with Gasteiger partial charge in [0.05, 0.1) is 11.3 Å². The summed E-state index contributed by atoms with van der Waals surface area (Å²) in [6.07, 6.45) is 0.670. The molecule has 0 aliphatic carbocycles. The predicted molar refractivity (Wildman–Crippen MR) is 50.0 cm³/mol. The summed E-state index contributed by atoms with van der Waals surface area (Å²) >= 11 is 0. The highest BCUT2D eigenvalue weighted by atomic mass is 19.1. The standard InChI is InChI=1S/C10H11F2NO/c1-2-3-8(14)9-6(11)4-5-7(13)10(9)12/h4-5H,2-3,13H2,1H3. The Morgan fingerprint density at radius 2 is 2.07 bits per heavy atom. The molecule has 76 valence electrons. The van der Waals surface area contributed by atoms with Crippen LogP contribution >= 0.6 is 0 Å². The van der Waals surface area contributed by atoms with Crippen LogP contribution in [0.15, 0.2) is 12.1 Å². The van der Waals surface area contributed by atoms with Crippen molar-refractivity contribution >= 4 is 11.5 Å². The van der Waals surface area contributed by atoms with E-state index in [1.54, 1.807) is 6.92 Å². The van der Waals surface area contributed by atoms with Gasteiger partial charge in [-0.25, -0.2) is 8.78 Å². The summed E-state index contributed by atoms with van der Waals surface area (Å²) < 4.78 is 26.3. The lowest BCUT2D eigenvalue weighted by molar-refractivity contribution is 0.0973. The topological polar surface area (TPSA) is 43.1 Å². The minimum atomic E-state index is -0.955. The van der Waals surface area contributed by atoms with Gasteiger partial charge in [0, 0.05) is 6.42 Å². The Kier molecular flexibility index (Phi) is 3.17. The third-order valence-electron chi connectivity index (χ3n) is 1.88. The van der Waals surface area contributed by atoms with Crippen molar-refractivity contribution in [1.29, 1.82) is 0 Å². The van der Waals surface area contributed by atoms with Crippen molar-refractivity contribution in [2.24, 2.45) is 0 Å². The Labute approximate surface area is 80.7 Å². The number of benzene rings is 1. The number of hydrogen-bond acceptors (Lipinski definition) is 2. The van der Waals surface area contributed by atoms with Crippen molar-refractivity contribution < 1.29 is 13.6 Å². The van der Waals surface area contributed by atoms with Crippen LogP contribution in [0.5, 0.6) is 0 Å². The van der Waals surface area contributed by atoms with Crippen molar-refractivity contribution in [3.8, 4) is 0 Å². The predicted octanol–water partition coefficient (Wildman–Crippen LogP) is 2.53. The second-order valence-electron chi connectivity index (χ2n) is 3.00. The van der Waals surface area contributed by atoms with Gasteiger partial charge in [-0.1, -0.05) is 6.92 Å². The zero-order chi connectivity index (χ0) is 10.7. The smallest absolute Gasteiger partial charge is 0.168 e. The maximum atomic E-state index is 13.3. The SMILES string of the molecule is CCCC(=O)c1c(F)ccc(N)c1F. The van der Waals surface area contributed by atoms with Gasteiger partial charge in [0.2, 0.25) is 0 Å². The van der Waals surface area contributed by atoms with E-state index in [4.69, 9.17) is 5.73 Å². The van der Waals surface area contributed by atoms with E-state index >= 15 is 0 Å². The van der Waals surface area contributed by atoms with Gasteiger partial charge in [0.25, 0.3) is 0 Å². The van der Waals surface area contributed by atoms with Crippen LogP contribution in [-0.4, -0.2) is 5.78 Å². The minimum Gasteiger partial charge on any atom is -0.396 e. The highest BCUT2D eigenvalue weighted by Crippen LogP contribution is 2.20. The average Bonchev–Trinajstić information content (AvgIpc) is 2.13. The summed E-state index contributed by atoms with van der Waals surface area (Å²) in [4.78, 5) is 11.3. The van der Waals surface area contributed by atoms with Gasteiger partial charge >= 0.3 is 0 Å². The lowest BCUT2D eigenvalue weighted by atomic mass is 10.0. The molecule has 0 saturated heterocycles. The van der Waals surface area contributed by atoms with Crippen LogP contribution in [-0.2, 0) is 0 Å². The molecule has 0 bridgehead atoms. The van der Waals surface area contributed by atoms with Gasteiger partial charge in [-0.2, -0.15) is 0 Å². The van der Waals surface area contributed by atoms with Crippen molar-refractivity contribution in [3.05, 3.63) is 29.3 Å². The second kappa shape index (κ2) is 4.17. The molecule has 0 spiro atoms. The zero-order valence-corrected chi connectivity index (χ0v) is 7.81. The number of ketones is 1. The fraction of sp³-hybridized carbons (Fsp3) is 0.300. The molecule has 0 radical (unpaired) electrons. The molecule has 4 heteroatoms. The molecule has 14 heavy (non-hydrogen) atoms. The Morgan fingerprint density at radius 1 is 1.43 bits per heavy atom. The van der Waals surface area contributed by atoms with E-state index in [1.807, 2.05) is 0 Å².